The lowest BCUT2D eigenvalue weighted by atomic mass is 10.1. The van der Waals surface area contributed by atoms with Crippen LogP contribution < -0.4 is 10.1 Å². The summed E-state index contributed by atoms with van der Waals surface area (Å²) in [7, 11) is 0. The molecule has 112 valence electrons. The molecule has 0 saturated carbocycles. The normalized spacial score (nSPS) is 12.2. The van der Waals surface area contributed by atoms with Gasteiger partial charge in [-0.25, -0.2) is 4.39 Å². The van der Waals surface area contributed by atoms with E-state index in [1.807, 2.05) is 24.3 Å². The molecule has 0 spiro atoms. The molecule has 0 saturated heterocycles. The van der Waals surface area contributed by atoms with Crippen LogP contribution >= 0.6 is 11.6 Å². The molecule has 1 N–H and O–H groups in total. The zero-order valence-corrected chi connectivity index (χ0v) is 13.0. The summed E-state index contributed by atoms with van der Waals surface area (Å²) in [5.41, 5.74) is 1.20. The van der Waals surface area contributed by atoms with Gasteiger partial charge in [0.2, 0.25) is 0 Å². The van der Waals surface area contributed by atoms with E-state index >= 15 is 0 Å². The van der Waals surface area contributed by atoms with E-state index in [9.17, 15) is 4.39 Å². The molecule has 0 amide bonds. The first kappa shape index (κ1) is 15.8. The molecular formula is C17H19ClFNO. The van der Waals surface area contributed by atoms with Crippen LogP contribution in [0, 0.1) is 5.82 Å². The number of halogens is 2. The van der Waals surface area contributed by atoms with Crippen molar-refractivity contribution in [3.8, 4) is 11.5 Å². The minimum absolute atomic E-state index is 0.0570. The van der Waals surface area contributed by atoms with Crippen molar-refractivity contribution in [3.05, 3.63) is 58.9 Å². The first-order valence-electron chi connectivity index (χ1n) is 7.06. The van der Waals surface area contributed by atoms with Crippen LogP contribution in [0.4, 0.5) is 4.39 Å². The van der Waals surface area contributed by atoms with E-state index in [1.54, 1.807) is 6.07 Å². The van der Waals surface area contributed by atoms with Crippen LogP contribution in [0.25, 0.3) is 0 Å². The predicted octanol–water partition coefficient (Wildman–Crippen LogP) is 5.33. The molecule has 0 bridgehead atoms. The molecule has 0 aromatic heterocycles. The molecule has 0 aliphatic rings. The lowest BCUT2D eigenvalue weighted by Gasteiger charge is -2.14. The third-order valence-electron chi connectivity index (χ3n) is 3.21. The fourth-order valence-corrected chi connectivity index (χ4v) is 2.15. The minimum atomic E-state index is -0.449. The van der Waals surface area contributed by atoms with E-state index in [0.717, 1.165) is 13.0 Å². The standard InChI is InChI=1S/C17H19ClFNO/c1-3-10-20-12(2)13-4-6-14(7-5-13)21-15-8-9-17(19)16(18)11-15/h4-9,11-12,20H,3,10H2,1-2H3. The first-order valence-corrected chi connectivity index (χ1v) is 7.44. The number of hydrogen-bond donors (Lipinski definition) is 1. The van der Waals surface area contributed by atoms with Crippen molar-refractivity contribution in [1.29, 1.82) is 0 Å². The SMILES string of the molecule is CCCNC(C)c1ccc(Oc2ccc(F)c(Cl)c2)cc1. The second kappa shape index (κ2) is 7.43. The molecule has 2 rings (SSSR count). The molecule has 2 aromatic carbocycles. The van der Waals surface area contributed by atoms with Gasteiger partial charge in [-0.05, 0) is 49.7 Å². The largest absolute Gasteiger partial charge is 0.457 e. The zero-order valence-electron chi connectivity index (χ0n) is 12.2. The predicted molar refractivity (Wildman–Crippen MR) is 84.6 cm³/mol. The third kappa shape index (κ3) is 4.45. The van der Waals surface area contributed by atoms with E-state index < -0.39 is 5.82 Å². The van der Waals surface area contributed by atoms with Crippen molar-refractivity contribution in [2.75, 3.05) is 6.54 Å². The van der Waals surface area contributed by atoms with Gasteiger partial charge in [-0.3, -0.25) is 0 Å². The summed E-state index contributed by atoms with van der Waals surface area (Å²) in [6.45, 7) is 5.27. The summed E-state index contributed by atoms with van der Waals surface area (Å²) in [6.07, 6.45) is 1.11. The topological polar surface area (TPSA) is 21.3 Å². The quantitative estimate of drug-likeness (QED) is 0.778. The molecule has 2 nitrogen and oxygen atoms in total. The molecule has 2 aromatic rings. The molecule has 0 fully saturated rings. The molecule has 4 heteroatoms. The van der Waals surface area contributed by atoms with E-state index in [4.69, 9.17) is 16.3 Å². The van der Waals surface area contributed by atoms with Crippen molar-refractivity contribution in [2.45, 2.75) is 26.3 Å². The maximum Gasteiger partial charge on any atom is 0.142 e. The Kier molecular flexibility index (Phi) is 5.59. The second-order valence-corrected chi connectivity index (χ2v) is 5.33. The summed E-state index contributed by atoms with van der Waals surface area (Å²) in [6, 6.07) is 12.5. The van der Waals surface area contributed by atoms with Crippen molar-refractivity contribution >= 4 is 11.6 Å². The number of rotatable bonds is 6. The Morgan fingerprint density at radius 2 is 1.81 bits per heavy atom. The number of ether oxygens (including phenoxy) is 1. The van der Waals surface area contributed by atoms with Crippen molar-refractivity contribution in [3.63, 3.8) is 0 Å². The maximum absolute atomic E-state index is 13.1. The highest BCUT2D eigenvalue weighted by Crippen LogP contribution is 2.27. The average molecular weight is 308 g/mol. The van der Waals surface area contributed by atoms with Crippen LogP contribution in [-0.2, 0) is 0 Å². The van der Waals surface area contributed by atoms with Gasteiger partial charge in [-0.1, -0.05) is 30.7 Å². The highest BCUT2D eigenvalue weighted by Gasteiger charge is 2.06. The Morgan fingerprint density at radius 3 is 2.43 bits per heavy atom. The van der Waals surface area contributed by atoms with Gasteiger partial charge in [0.1, 0.15) is 17.3 Å². The molecular weight excluding hydrogens is 289 g/mol. The van der Waals surface area contributed by atoms with Crippen LogP contribution in [0.3, 0.4) is 0 Å². The maximum atomic E-state index is 13.1. The van der Waals surface area contributed by atoms with Gasteiger partial charge in [0, 0.05) is 12.1 Å². The molecule has 0 radical (unpaired) electrons. The van der Waals surface area contributed by atoms with E-state index in [2.05, 4.69) is 19.2 Å². The lowest BCUT2D eigenvalue weighted by molar-refractivity contribution is 0.479. The van der Waals surface area contributed by atoms with Gasteiger partial charge < -0.3 is 10.1 Å². The summed E-state index contributed by atoms with van der Waals surface area (Å²) in [5, 5.41) is 3.49. The summed E-state index contributed by atoms with van der Waals surface area (Å²) in [5.74, 6) is 0.769. The Bertz CT molecular complexity index is 586. The molecule has 0 aliphatic heterocycles. The summed E-state index contributed by atoms with van der Waals surface area (Å²) >= 11 is 5.73. The van der Waals surface area contributed by atoms with Crippen LogP contribution in [-0.4, -0.2) is 6.54 Å². The van der Waals surface area contributed by atoms with Crippen LogP contribution in [0.1, 0.15) is 31.9 Å². The number of hydrogen-bond acceptors (Lipinski definition) is 2. The van der Waals surface area contributed by atoms with Gasteiger partial charge in [0.05, 0.1) is 5.02 Å². The molecule has 21 heavy (non-hydrogen) atoms. The fourth-order valence-electron chi connectivity index (χ4n) is 1.98. The van der Waals surface area contributed by atoms with Crippen molar-refractivity contribution < 1.29 is 9.13 Å². The smallest absolute Gasteiger partial charge is 0.142 e. The van der Waals surface area contributed by atoms with Gasteiger partial charge in [-0.15, -0.1) is 0 Å². The second-order valence-electron chi connectivity index (χ2n) is 4.92. The first-order chi connectivity index (χ1) is 10.1. The van der Waals surface area contributed by atoms with Gasteiger partial charge in [-0.2, -0.15) is 0 Å². The van der Waals surface area contributed by atoms with Crippen molar-refractivity contribution in [2.24, 2.45) is 0 Å². The highest BCUT2D eigenvalue weighted by molar-refractivity contribution is 6.30. The number of benzene rings is 2. The molecule has 0 heterocycles. The van der Waals surface area contributed by atoms with Crippen LogP contribution in [0.2, 0.25) is 5.02 Å². The van der Waals surface area contributed by atoms with Crippen LogP contribution in [0.5, 0.6) is 11.5 Å². The highest BCUT2D eigenvalue weighted by atomic mass is 35.5. The monoisotopic (exact) mass is 307 g/mol. The lowest BCUT2D eigenvalue weighted by Crippen LogP contribution is -2.19. The third-order valence-corrected chi connectivity index (χ3v) is 3.50. The summed E-state index contributed by atoms with van der Waals surface area (Å²) in [4.78, 5) is 0. The minimum Gasteiger partial charge on any atom is -0.457 e. The molecule has 1 unspecified atom stereocenters. The van der Waals surface area contributed by atoms with E-state index in [1.165, 1.54) is 17.7 Å². The Labute approximate surface area is 129 Å². The average Bonchev–Trinajstić information content (AvgIpc) is 2.49. The van der Waals surface area contributed by atoms with Gasteiger partial charge in [0.15, 0.2) is 0 Å². The van der Waals surface area contributed by atoms with Gasteiger partial charge in [0.25, 0.3) is 0 Å². The fraction of sp³-hybridized carbons (Fsp3) is 0.294. The van der Waals surface area contributed by atoms with Crippen LogP contribution in [0.15, 0.2) is 42.5 Å². The molecule has 1 atom stereocenters. The van der Waals surface area contributed by atoms with Crippen molar-refractivity contribution in [1.82, 2.24) is 5.32 Å². The Hall–Kier alpha value is -1.58. The Morgan fingerprint density at radius 1 is 1.14 bits per heavy atom. The molecule has 0 aliphatic carbocycles. The Balaban J connectivity index is 2.03. The van der Waals surface area contributed by atoms with E-state index in [0.29, 0.717) is 17.5 Å². The zero-order chi connectivity index (χ0) is 15.2. The summed E-state index contributed by atoms with van der Waals surface area (Å²) < 4.78 is 18.7. The van der Waals surface area contributed by atoms with Gasteiger partial charge >= 0.3 is 0 Å². The van der Waals surface area contributed by atoms with E-state index in [-0.39, 0.29) is 5.02 Å². The number of nitrogens with one attached hydrogen (secondary N) is 1.